The summed E-state index contributed by atoms with van der Waals surface area (Å²) in [7, 11) is 0. The Morgan fingerprint density at radius 1 is 1.24 bits per heavy atom. The normalized spacial score (nSPS) is 19.3. The number of nitro benzene ring substituents is 1. The highest BCUT2D eigenvalue weighted by molar-refractivity contribution is 5.96. The van der Waals surface area contributed by atoms with Crippen molar-refractivity contribution in [3.8, 4) is 0 Å². The molecule has 0 aliphatic carbocycles. The number of nitro groups is 1. The molecule has 0 spiro atoms. The standard InChI is InChI=1S/C18H17N3O4/c1-12-9-10-15(11-16(12)21(23)24)18(3)20(13(2)22)19-17(25-18)14-7-5-4-6-8-14/h4-11H,1-3H3/t18-/m0/s1. The third kappa shape index (κ3) is 2.84. The van der Waals surface area contributed by atoms with Gasteiger partial charge in [-0.2, -0.15) is 5.01 Å². The molecule has 1 aliphatic heterocycles. The lowest BCUT2D eigenvalue weighted by Gasteiger charge is -2.31. The fraction of sp³-hybridized carbons (Fsp3) is 0.222. The fourth-order valence-corrected chi connectivity index (χ4v) is 2.78. The van der Waals surface area contributed by atoms with Gasteiger partial charge >= 0.3 is 0 Å². The van der Waals surface area contributed by atoms with Crippen LogP contribution in [0.4, 0.5) is 5.69 Å². The summed E-state index contributed by atoms with van der Waals surface area (Å²) >= 11 is 0. The van der Waals surface area contributed by atoms with Gasteiger partial charge in [0.15, 0.2) is 0 Å². The molecule has 0 bridgehead atoms. The van der Waals surface area contributed by atoms with Crippen molar-refractivity contribution in [2.24, 2.45) is 5.10 Å². The lowest BCUT2D eigenvalue weighted by atomic mass is 10.0. The van der Waals surface area contributed by atoms with E-state index in [1.54, 1.807) is 26.0 Å². The van der Waals surface area contributed by atoms with Gasteiger partial charge in [-0.1, -0.05) is 30.3 Å². The minimum Gasteiger partial charge on any atom is -0.443 e. The molecule has 0 fully saturated rings. The lowest BCUT2D eigenvalue weighted by Crippen LogP contribution is -2.41. The van der Waals surface area contributed by atoms with Crippen molar-refractivity contribution in [3.63, 3.8) is 0 Å². The quantitative estimate of drug-likeness (QED) is 0.634. The van der Waals surface area contributed by atoms with E-state index in [0.717, 1.165) is 5.56 Å². The van der Waals surface area contributed by atoms with Crippen LogP contribution in [0.2, 0.25) is 0 Å². The minimum absolute atomic E-state index is 0.0287. The predicted molar refractivity (Wildman–Crippen MR) is 91.8 cm³/mol. The van der Waals surface area contributed by atoms with Crippen molar-refractivity contribution in [2.75, 3.05) is 0 Å². The van der Waals surface area contributed by atoms with Crippen molar-refractivity contribution in [2.45, 2.75) is 26.5 Å². The number of hydrogen-bond donors (Lipinski definition) is 0. The minimum atomic E-state index is -1.25. The smallest absolute Gasteiger partial charge is 0.272 e. The summed E-state index contributed by atoms with van der Waals surface area (Å²) in [6.07, 6.45) is 0. The summed E-state index contributed by atoms with van der Waals surface area (Å²) in [5, 5.41) is 16.8. The molecule has 0 saturated carbocycles. The molecule has 0 aromatic heterocycles. The van der Waals surface area contributed by atoms with Gasteiger partial charge in [-0.3, -0.25) is 14.9 Å². The zero-order valence-electron chi connectivity index (χ0n) is 14.1. The topological polar surface area (TPSA) is 85.0 Å². The first-order valence-electron chi connectivity index (χ1n) is 7.72. The first-order chi connectivity index (χ1) is 11.8. The van der Waals surface area contributed by atoms with Gasteiger partial charge in [0.25, 0.3) is 5.69 Å². The zero-order valence-corrected chi connectivity index (χ0v) is 14.1. The van der Waals surface area contributed by atoms with E-state index in [2.05, 4.69) is 5.10 Å². The van der Waals surface area contributed by atoms with E-state index in [1.807, 2.05) is 30.3 Å². The van der Waals surface area contributed by atoms with E-state index in [9.17, 15) is 14.9 Å². The van der Waals surface area contributed by atoms with Crippen LogP contribution in [0, 0.1) is 17.0 Å². The van der Waals surface area contributed by atoms with Crippen LogP contribution in [0.5, 0.6) is 0 Å². The van der Waals surface area contributed by atoms with Crippen molar-refractivity contribution < 1.29 is 14.5 Å². The van der Waals surface area contributed by atoms with Crippen molar-refractivity contribution >= 4 is 17.5 Å². The summed E-state index contributed by atoms with van der Waals surface area (Å²) in [6, 6.07) is 14.0. The number of hydrazone groups is 1. The average Bonchev–Trinajstić information content (AvgIpc) is 2.95. The molecule has 3 rings (SSSR count). The fourth-order valence-electron chi connectivity index (χ4n) is 2.78. The average molecular weight is 339 g/mol. The predicted octanol–water partition coefficient (Wildman–Crippen LogP) is 3.32. The number of carbonyl (C=O) groups excluding carboxylic acids is 1. The molecule has 1 atom stereocenters. The summed E-state index contributed by atoms with van der Waals surface area (Å²) in [5.41, 5.74) is 0.455. The SMILES string of the molecule is CC(=O)N1N=C(c2ccccc2)O[C@@]1(C)c1ccc(C)c([N+](=O)[O-])c1. The molecule has 0 saturated heterocycles. The number of carbonyl (C=O) groups is 1. The molecule has 2 aromatic carbocycles. The highest BCUT2D eigenvalue weighted by atomic mass is 16.6. The van der Waals surface area contributed by atoms with Crippen LogP contribution in [0.15, 0.2) is 53.6 Å². The van der Waals surface area contributed by atoms with Crippen LogP contribution < -0.4 is 0 Å². The van der Waals surface area contributed by atoms with Crippen molar-refractivity contribution in [1.29, 1.82) is 0 Å². The highest BCUT2D eigenvalue weighted by Gasteiger charge is 2.45. The van der Waals surface area contributed by atoms with Gasteiger partial charge in [-0.15, -0.1) is 5.10 Å². The molecule has 1 aliphatic rings. The zero-order chi connectivity index (χ0) is 18.2. The number of aryl methyl sites for hydroxylation is 1. The van der Waals surface area contributed by atoms with Gasteiger partial charge < -0.3 is 4.74 Å². The van der Waals surface area contributed by atoms with E-state index in [4.69, 9.17) is 4.74 Å². The first kappa shape index (κ1) is 16.6. The van der Waals surface area contributed by atoms with Crippen LogP contribution in [0.25, 0.3) is 0 Å². The Kier molecular flexibility index (Phi) is 4.00. The number of ether oxygens (including phenoxy) is 1. The van der Waals surface area contributed by atoms with Crippen LogP contribution >= 0.6 is 0 Å². The van der Waals surface area contributed by atoms with Crippen LogP contribution in [0.1, 0.15) is 30.5 Å². The Morgan fingerprint density at radius 3 is 2.52 bits per heavy atom. The van der Waals surface area contributed by atoms with Gasteiger partial charge in [0.05, 0.1) is 4.92 Å². The third-order valence-electron chi connectivity index (χ3n) is 4.15. The first-order valence-corrected chi connectivity index (χ1v) is 7.72. The Labute approximate surface area is 144 Å². The van der Waals surface area contributed by atoms with Crippen molar-refractivity contribution in [1.82, 2.24) is 5.01 Å². The molecule has 7 nitrogen and oxygen atoms in total. The Balaban J connectivity index is 2.07. The lowest BCUT2D eigenvalue weighted by molar-refractivity contribution is -0.385. The second-order valence-corrected chi connectivity index (χ2v) is 5.95. The number of rotatable bonds is 3. The van der Waals surface area contributed by atoms with Gasteiger partial charge in [0.2, 0.25) is 17.5 Å². The molecular weight excluding hydrogens is 322 g/mol. The van der Waals surface area contributed by atoms with E-state index in [1.165, 1.54) is 18.0 Å². The third-order valence-corrected chi connectivity index (χ3v) is 4.15. The second-order valence-electron chi connectivity index (χ2n) is 5.95. The van der Waals surface area contributed by atoms with E-state index < -0.39 is 10.6 Å². The van der Waals surface area contributed by atoms with Gasteiger partial charge in [-0.05, 0) is 19.1 Å². The van der Waals surface area contributed by atoms with Crippen LogP contribution in [0.3, 0.4) is 0 Å². The van der Waals surface area contributed by atoms with Crippen molar-refractivity contribution in [3.05, 3.63) is 75.3 Å². The molecule has 2 aromatic rings. The largest absolute Gasteiger partial charge is 0.443 e. The van der Waals surface area contributed by atoms with Gasteiger partial charge in [0, 0.05) is 36.6 Å². The molecule has 0 unspecified atom stereocenters. The molecule has 25 heavy (non-hydrogen) atoms. The molecule has 1 heterocycles. The summed E-state index contributed by atoms with van der Waals surface area (Å²) in [5.74, 6) is -0.0295. The summed E-state index contributed by atoms with van der Waals surface area (Å²) < 4.78 is 6.00. The Bertz CT molecular complexity index is 879. The van der Waals surface area contributed by atoms with Gasteiger partial charge in [-0.25, -0.2) is 0 Å². The molecule has 0 N–H and O–H groups in total. The molecular formula is C18H17N3O4. The van der Waals surface area contributed by atoms with E-state index in [0.29, 0.717) is 17.0 Å². The maximum Gasteiger partial charge on any atom is 0.272 e. The summed E-state index contributed by atoms with van der Waals surface area (Å²) in [4.78, 5) is 22.9. The Morgan fingerprint density at radius 2 is 1.92 bits per heavy atom. The van der Waals surface area contributed by atoms with E-state index in [-0.39, 0.29) is 11.6 Å². The van der Waals surface area contributed by atoms with Crippen LogP contribution in [-0.2, 0) is 15.3 Å². The monoisotopic (exact) mass is 339 g/mol. The van der Waals surface area contributed by atoms with E-state index >= 15 is 0 Å². The number of nitrogens with zero attached hydrogens (tertiary/aromatic N) is 3. The number of benzene rings is 2. The molecule has 0 radical (unpaired) electrons. The molecule has 1 amide bonds. The molecule has 7 heteroatoms. The maximum absolute atomic E-state index is 12.1. The van der Waals surface area contributed by atoms with Gasteiger partial charge in [0.1, 0.15) is 0 Å². The molecule has 128 valence electrons. The van der Waals surface area contributed by atoms with Crippen LogP contribution in [-0.4, -0.2) is 21.7 Å². The summed E-state index contributed by atoms with van der Waals surface area (Å²) in [6.45, 7) is 4.71. The highest BCUT2D eigenvalue weighted by Crippen LogP contribution is 2.38. The number of hydrogen-bond acceptors (Lipinski definition) is 5. The number of amides is 1. The Hall–Kier alpha value is -3.22. The second kappa shape index (κ2) is 6.01. The maximum atomic E-state index is 12.1.